The maximum Gasteiger partial charge on any atom is 0.415 e. The number of anilines is 3. The lowest BCUT2D eigenvalue weighted by molar-refractivity contribution is -0.117. The van der Waals surface area contributed by atoms with Crippen LogP contribution in [-0.2, 0) is 16.1 Å². The highest BCUT2D eigenvalue weighted by Gasteiger charge is 2.44. The van der Waals surface area contributed by atoms with E-state index >= 15 is 0 Å². The Labute approximate surface area is 229 Å². The number of hydrogen-bond donors (Lipinski definition) is 2. The summed E-state index contributed by atoms with van der Waals surface area (Å²) in [5.41, 5.74) is 4.03. The first-order valence-corrected chi connectivity index (χ1v) is 13.5. The fourth-order valence-electron chi connectivity index (χ4n) is 5.20. The van der Waals surface area contributed by atoms with E-state index in [2.05, 4.69) is 32.7 Å². The van der Waals surface area contributed by atoms with E-state index in [1.807, 2.05) is 30.3 Å². The second-order valence-electron chi connectivity index (χ2n) is 10.3. The van der Waals surface area contributed by atoms with Crippen LogP contribution in [0.2, 0.25) is 5.02 Å². The minimum absolute atomic E-state index is 0.0654. The largest absolute Gasteiger partial charge is 0.447 e. The third-order valence-electron chi connectivity index (χ3n) is 7.47. The molecule has 3 fully saturated rings. The number of carbonyl (C=O) groups is 2. The maximum absolute atomic E-state index is 12.8. The van der Waals surface area contributed by atoms with Gasteiger partial charge in [-0.1, -0.05) is 23.7 Å². The van der Waals surface area contributed by atoms with Crippen molar-refractivity contribution in [1.29, 1.82) is 0 Å². The Balaban J connectivity index is 1.04. The molecule has 2 aliphatic carbocycles. The van der Waals surface area contributed by atoms with Crippen LogP contribution in [-0.4, -0.2) is 44.7 Å². The van der Waals surface area contributed by atoms with Gasteiger partial charge in [-0.15, -0.1) is 0 Å². The van der Waals surface area contributed by atoms with Crippen LogP contribution in [0, 0.1) is 5.92 Å². The highest BCUT2D eigenvalue weighted by molar-refractivity contribution is 6.30. The van der Waals surface area contributed by atoms with E-state index < -0.39 is 0 Å². The molecule has 39 heavy (non-hydrogen) atoms. The lowest BCUT2D eigenvalue weighted by Gasteiger charge is -2.15. The van der Waals surface area contributed by atoms with Crippen LogP contribution in [0.4, 0.5) is 22.2 Å². The molecule has 1 saturated heterocycles. The summed E-state index contributed by atoms with van der Waals surface area (Å²) in [6, 6.07) is 15.6. The molecule has 11 heteroatoms. The molecule has 3 aliphatic rings. The Bertz CT molecular complexity index is 1600. The average Bonchev–Trinajstić information content (AvgIpc) is 3.85. The maximum atomic E-state index is 12.8. The second-order valence-corrected chi connectivity index (χ2v) is 10.7. The molecule has 198 valence electrons. The zero-order valence-electron chi connectivity index (χ0n) is 21.0. The van der Waals surface area contributed by atoms with E-state index in [1.165, 1.54) is 11.9 Å². The van der Waals surface area contributed by atoms with Gasteiger partial charge in [0.05, 0.1) is 24.3 Å². The highest BCUT2D eigenvalue weighted by Crippen LogP contribution is 2.48. The van der Waals surface area contributed by atoms with Crippen molar-refractivity contribution in [2.24, 2.45) is 5.92 Å². The molecule has 0 bridgehead atoms. The first kappa shape index (κ1) is 23.9. The quantitative estimate of drug-likeness (QED) is 0.322. The Morgan fingerprint density at radius 2 is 1.95 bits per heavy atom. The topological polar surface area (TPSA) is 114 Å². The van der Waals surface area contributed by atoms with Crippen molar-refractivity contribution in [1.82, 2.24) is 19.6 Å². The number of nitrogens with one attached hydrogen (secondary N) is 2. The fourth-order valence-corrected chi connectivity index (χ4v) is 5.40. The van der Waals surface area contributed by atoms with Gasteiger partial charge < -0.3 is 15.4 Å². The summed E-state index contributed by atoms with van der Waals surface area (Å²) >= 11 is 6.10. The highest BCUT2D eigenvalue weighted by atomic mass is 35.5. The van der Waals surface area contributed by atoms with E-state index in [4.69, 9.17) is 21.4 Å². The van der Waals surface area contributed by atoms with E-state index in [-0.39, 0.29) is 23.8 Å². The number of ether oxygens (including phenoxy) is 1. The van der Waals surface area contributed by atoms with Gasteiger partial charge in [-0.25, -0.2) is 19.3 Å². The minimum Gasteiger partial charge on any atom is -0.447 e. The second kappa shape index (κ2) is 9.53. The van der Waals surface area contributed by atoms with Crippen molar-refractivity contribution < 1.29 is 14.3 Å². The molecule has 7 rings (SSSR count). The third-order valence-corrected chi connectivity index (χ3v) is 7.71. The number of aromatic nitrogens is 4. The summed E-state index contributed by atoms with van der Waals surface area (Å²) < 4.78 is 6.97. The van der Waals surface area contributed by atoms with Crippen molar-refractivity contribution in [2.75, 3.05) is 28.7 Å². The molecular weight excluding hydrogens is 518 g/mol. The smallest absolute Gasteiger partial charge is 0.415 e. The van der Waals surface area contributed by atoms with Crippen molar-refractivity contribution in [3.05, 3.63) is 76.7 Å². The Kier molecular flexibility index (Phi) is 5.84. The SMILES string of the molecule is O=C(Nc1cc(NCc2cc3cc(C4CC4)cc(N4CCOC4=O)n3n2)ncn1)[C@H]1C[C@@H]1c1cccc(Cl)c1. The van der Waals surface area contributed by atoms with Gasteiger partial charge in [-0.3, -0.25) is 9.69 Å². The Morgan fingerprint density at radius 1 is 1.08 bits per heavy atom. The number of fused-ring (bicyclic) bond motifs is 1. The van der Waals surface area contributed by atoms with E-state index in [0.717, 1.165) is 41.9 Å². The van der Waals surface area contributed by atoms with Gasteiger partial charge in [0, 0.05) is 17.0 Å². The lowest BCUT2D eigenvalue weighted by Crippen LogP contribution is -2.26. The van der Waals surface area contributed by atoms with Gasteiger partial charge >= 0.3 is 6.09 Å². The zero-order chi connectivity index (χ0) is 26.5. The number of nitrogens with zero attached hydrogens (tertiary/aromatic N) is 5. The zero-order valence-corrected chi connectivity index (χ0v) is 21.8. The number of halogens is 1. The van der Waals surface area contributed by atoms with Crippen LogP contribution >= 0.6 is 11.6 Å². The minimum atomic E-state index is -0.347. The molecular formula is C28H26ClN7O3. The molecule has 2 saturated carbocycles. The molecule has 1 aliphatic heterocycles. The summed E-state index contributed by atoms with van der Waals surface area (Å²) in [4.78, 5) is 35.2. The molecule has 0 radical (unpaired) electrons. The van der Waals surface area contributed by atoms with E-state index in [0.29, 0.717) is 42.3 Å². The number of amides is 2. The summed E-state index contributed by atoms with van der Waals surface area (Å²) in [7, 11) is 0. The van der Waals surface area contributed by atoms with Gasteiger partial charge in [0.15, 0.2) is 0 Å². The normalized spacial score (nSPS) is 20.2. The number of hydrogen-bond acceptors (Lipinski definition) is 7. The molecule has 3 aromatic heterocycles. The summed E-state index contributed by atoms with van der Waals surface area (Å²) in [6.45, 7) is 1.29. The van der Waals surface area contributed by atoms with Crippen LogP contribution < -0.4 is 15.5 Å². The molecule has 2 atom stereocenters. The van der Waals surface area contributed by atoms with Crippen LogP contribution in [0.5, 0.6) is 0 Å². The number of rotatable bonds is 8. The Morgan fingerprint density at radius 3 is 2.74 bits per heavy atom. The van der Waals surface area contributed by atoms with Crippen molar-refractivity contribution in [2.45, 2.75) is 37.6 Å². The van der Waals surface area contributed by atoms with Crippen molar-refractivity contribution in [3.63, 3.8) is 0 Å². The predicted molar refractivity (Wildman–Crippen MR) is 146 cm³/mol. The summed E-state index contributed by atoms with van der Waals surface area (Å²) in [5, 5.41) is 11.6. The van der Waals surface area contributed by atoms with Crippen LogP contribution in [0.1, 0.15) is 47.9 Å². The van der Waals surface area contributed by atoms with E-state index in [1.54, 1.807) is 15.5 Å². The van der Waals surface area contributed by atoms with Crippen LogP contribution in [0.15, 0.2) is 54.9 Å². The van der Waals surface area contributed by atoms with Crippen LogP contribution in [0.3, 0.4) is 0 Å². The molecule has 1 aromatic carbocycles. The average molecular weight is 544 g/mol. The monoisotopic (exact) mass is 543 g/mol. The van der Waals surface area contributed by atoms with Crippen LogP contribution in [0.25, 0.3) is 5.52 Å². The third kappa shape index (κ3) is 4.87. The number of pyridine rings is 1. The van der Waals surface area contributed by atoms with Crippen molar-refractivity contribution in [3.8, 4) is 0 Å². The van der Waals surface area contributed by atoms with Gasteiger partial charge in [0.1, 0.15) is 30.4 Å². The number of cyclic esters (lactones) is 1. The molecule has 0 unspecified atom stereocenters. The first-order chi connectivity index (χ1) is 19.0. The Hall–Kier alpha value is -4.18. The molecule has 4 heterocycles. The summed E-state index contributed by atoms with van der Waals surface area (Å²) in [6.07, 6.45) is 4.19. The van der Waals surface area contributed by atoms with Gasteiger partial charge in [-0.2, -0.15) is 5.10 Å². The lowest BCUT2D eigenvalue weighted by atomic mass is 10.1. The number of benzene rings is 1. The van der Waals surface area contributed by atoms with E-state index in [9.17, 15) is 9.59 Å². The van der Waals surface area contributed by atoms with Gasteiger partial charge in [-0.05, 0) is 72.6 Å². The molecule has 2 amide bonds. The fraction of sp³-hybridized carbons (Fsp3) is 0.321. The molecule has 2 N–H and O–H groups in total. The predicted octanol–water partition coefficient (Wildman–Crippen LogP) is 4.97. The van der Waals surface area contributed by atoms with Crippen molar-refractivity contribution >= 4 is 46.6 Å². The summed E-state index contributed by atoms with van der Waals surface area (Å²) in [5.74, 6) is 2.28. The standard InChI is InChI=1S/C28H26ClN7O3/c29-19-3-1-2-17(8-19)22-12-23(22)27(37)33-25-13-24(31-15-32-25)30-14-20-11-21-9-18(16-4-5-16)10-26(36(21)34-20)35-6-7-39-28(35)38/h1-3,8-11,13,15-16,22-23H,4-7,12,14H2,(H2,30,31,32,33,37)/t22-,23+/m1/s1. The van der Waals surface area contributed by atoms with Gasteiger partial charge in [0.25, 0.3) is 0 Å². The molecule has 10 nitrogen and oxygen atoms in total. The molecule has 0 spiro atoms. The molecule has 4 aromatic rings. The number of carbonyl (C=O) groups excluding carboxylic acids is 2. The first-order valence-electron chi connectivity index (χ1n) is 13.1. The van der Waals surface area contributed by atoms with Gasteiger partial charge in [0.2, 0.25) is 5.91 Å².